The van der Waals surface area contributed by atoms with E-state index in [9.17, 15) is 14.0 Å². The molecule has 0 spiro atoms. The van der Waals surface area contributed by atoms with Gasteiger partial charge in [-0.1, -0.05) is 6.92 Å². The highest BCUT2D eigenvalue weighted by atomic mass is 19.1. The lowest BCUT2D eigenvalue weighted by atomic mass is 9.98. The van der Waals surface area contributed by atoms with E-state index in [1.165, 1.54) is 24.3 Å². The maximum atomic E-state index is 13.1. The van der Waals surface area contributed by atoms with Gasteiger partial charge in [0.25, 0.3) is 5.91 Å². The van der Waals surface area contributed by atoms with Gasteiger partial charge in [-0.15, -0.1) is 0 Å². The highest BCUT2D eigenvalue weighted by Crippen LogP contribution is 2.25. The third kappa shape index (κ3) is 5.01. The van der Waals surface area contributed by atoms with Crippen molar-refractivity contribution >= 4 is 11.9 Å². The normalized spacial score (nSPS) is 18.7. The van der Waals surface area contributed by atoms with E-state index in [0.29, 0.717) is 38.4 Å². The Kier molecular flexibility index (Phi) is 7.25. The van der Waals surface area contributed by atoms with Crippen molar-refractivity contribution < 1.29 is 18.7 Å². The van der Waals surface area contributed by atoms with Crippen LogP contribution in [0.15, 0.2) is 24.3 Å². The van der Waals surface area contributed by atoms with Gasteiger partial charge in [-0.3, -0.25) is 4.79 Å². The summed E-state index contributed by atoms with van der Waals surface area (Å²) in [7, 11) is 0. The molecule has 0 atom stereocenters. The predicted molar refractivity (Wildman–Crippen MR) is 105 cm³/mol. The van der Waals surface area contributed by atoms with Crippen molar-refractivity contribution in [1.82, 2.24) is 15.1 Å². The summed E-state index contributed by atoms with van der Waals surface area (Å²) in [6.45, 7) is 5.27. The van der Waals surface area contributed by atoms with Crippen molar-refractivity contribution in [3.8, 4) is 0 Å². The molecule has 2 heterocycles. The highest BCUT2D eigenvalue weighted by molar-refractivity contribution is 5.94. The summed E-state index contributed by atoms with van der Waals surface area (Å²) in [5.74, 6) is -0.424. The summed E-state index contributed by atoms with van der Waals surface area (Å²) >= 11 is 0. The summed E-state index contributed by atoms with van der Waals surface area (Å²) in [6.07, 6.45) is 4.12. The van der Waals surface area contributed by atoms with E-state index in [-0.39, 0.29) is 29.8 Å². The number of hydrogen-bond donors (Lipinski definition) is 1. The SMILES string of the molecule is CCCNC(=O)N(C1CCOCC1)C1CCN(C(=O)c2ccc(F)cc2)CC1. The van der Waals surface area contributed by atoms with E-state index >= 15 is 0 Å². The van der Waals surface area contributed by atoms with Crippen LogP contribution in [-0.4, -0.2) is 66.7 Å². The molecule has 6 nitrogen and oxygen atoms in total. The predicted octanol–water partition coefficient (Wildman–Crippen LogP) is 3.03. The van der Waals surface area contributed by atoms with Crippen molar-refractivity contribution in [3.05, 3.63) is 35.6 Å². The van der Waals surface area contributed by atoms with Gasteiger partial charge < -0.3 is 19.9 Å². The minimum absolute atomic E-state index is 0.00272. The molecule has 2 saturated heterocycles. The Morgan fingerprint density at radius 3 is 2.32 bits per heavy atom. The van der Waals surface area contributed by atoms with Crippen LogP contribution in [0.25, 0.3) is 0 Å². The number of rotatable bonds is 5. The van der Waals surface area contributed by atoms with Gasteiger partial charge in [0.05, 0.1) is 0 Å². The van der Waals surface area contributed by atoms with Gasteiger partial charge in [-0.25, -0.2) is 9.18 Å². The van der Waals surface area contributed by atoms with E-state index in [4.69, 9.17) is 4.74 Å². The molecule has 3 rings (SSSR count). The van der Waals surface area contributed by atoms with Crippen LogP contribution >= 0.6 is 0 Å². The van der Waals surface area contributed by atoms with Crippen molar-refractivity contribution in [3.63, 3.8) is 0 Å². The first-order valence-electron chi connectivity index (χ1n) is 10.3. The molecular formula is C21H30FN3O3. The van der Waals surface area contributed by atoms with E-state index in [0.717, 1.165) is 32.1 Å². The minimum Gasteiger partial charge on any atom is -0.381 e. The number of carbonyl (C=O) groups excluding carboxylic acids is 2. The van der Waals surface area contributed by atoms with Gasteiger partial charge in [0.2, 0.25) is 0 Å². The fourth-order valence-electron chi connectivity index (χ4n) is 4.04. The first-order chi connectivity index (χ1) is 13.6. The molecule has 7 heteroatoms. The van der Waals surface area contributed by atoms with E-state index in [1.807, 2.05) is 11.8 Å². The molecule has 2 aliphatic heterocycles. The molecule has 0 saturated carbocycles. The Morgan fingerprint density at radius 2 is 1.71 bits per heavy atom. The van der Waals surface area contributed by atoms with Crippen LogP contribution in [0.2, 0.25) is 0 Å². The Morgan fingerprint density at radius 1 is 1.11 bits per heavy atom. The summed E-state index contributed by atoms with van der Waals surface area (Å²) in [5.41, 5.74) is 0.502. The zero-order valence-electron chi connectivity index (χ0n) is 16.5. The first-order valence-corrected chi connectivity index (χ1v) is 10.3. The largest absolute Gasteiger partial charge is 0.381 e. The van der Waals surface area contributed by atoms with Crippen molar-refractivity contribution in [1.29, 1.82) is 0 Å². The van der Waals surface area contributed by atoms with Gasteiger partial charge in [-0.05, 0) is 56.4 Å². The molecule has 1 aromatic carbocycles. The van der Waals surface area contributed by atoms with Gasteiger partial charge in [-0.2, -0.15) is 0 Å². The summed E-state index contributed by atoms with van der Waals surface area (Å²) < 4.78 is 18.6. The Labute approximate surface area is 166 Å². The average molecular weight is 391 g/mol. The van der Waals surface area contributed by atoms with Gasteiger partial charge in [0.15, 0.2) is 0 Å². The molecule has 2 aliphatic rings. The van der Waals surface area contributed by atoms with Crippen LogP contribution in [0, 0.1) is 5.82 Å². The second kappa shape index (κ2) is 9.87. The van der Waals surface area contributed by atoms with Crippen LogP contribution in [0.1, 0.15) is 49.4 Å². The molecule has 0 radical (unpaired) electrons. The molecule has 2 fully saturated rings. The van der Waals surface area contributed by atoms with Crippen molar-refractivity contribution in [2.24, 2.45) is 0 Å². The molecule has 0 bridgehead atoms. The van der Waals surface area contributed by atoms with Crippen LogP contribution in [0.4, 0.5) is 9.18 Å². The molecule has 0 unspecified atom stereocenters. The monoisotopic (exact) mass is 391 g/mol. The lowest BCUT2D eigenvalue weighted by molar-refractivity contribution is 0.0209. The molecule has 0 aliphatic carbocycles. The molecule has 1 aromatic rings. The quantitative estimate of drug-likeness (QED) is 0.839. The van der Waals surface area contributed by atoms with Crippen molar-refractivity contribution in [2.45, 2.75) is 51.1 Å². The maximum Gasteiger partial charge on any atom is 0.317 e. The zero-order valence-corrected chi connectivity index (χ0v) is 16.5. The second-order valence-corrected chi connectivity index (χ2v) is 7.51. The summed E-state index contributed by atoms with van der Waals surface area (Å²) in [4.78, 5) is 29.3. The third-order valence-corrected chi connectivity index (χ3v) is 5.58. The van der Waals surface area contributed by atoms with Gasteiger partial charge >= 0.3 is 6.03 Å². The number of piperidine rings is 1. The number of ether oxygens (including phenoxy) is 1. The highest BCUT2D eigenvalue weighted by Gasteiger charge is 2.35. The Bertz CT molecular complexity index is 653. The topological polar surface area (TPSA) is 61.9 Å². The Balaban J connectivity index is 1.62. The van der Waals surface area contributed by atoms with Crippen LogP contribution in [0.3, 0.4) is 0 Å². The second-order valence-electron chi connectivity index (χ2n) is 7.51. The smallest absolute Gasteiger partial charge is 0.317 e. The molecule has 154 valence electrons. The number of carbonyl (C=O) groups is 2. The van der Waals surface area contributed by atoms with E-state index in [1.54, 1.807) is 4.90 Å². The van der Waals surface area contributed by atoms with Crippen molar-refractivity contribution in [2.75, 3.05) is 32.8 Å². The van der Waals surface area contributed by atoms with Gasteiger partial charge in [0, 0.05) is 50.5 Å². The Hall–Kier alpha value is -2.15. The summed E-state index contributed by atoms with van der Waals surface area (Å²) in [6, 6.07) is 5.98. The number of hydrogen-bond acceptors (Lipinski definition) is 3. The van der Waals surface area contributed by atoms with Gasteiger partial charge in [0.1, 0.15) is 5.82 Å². The summed E-state index contributed by atoms with van der Waals surface area (Å²) in [5, 5.41) is 3.02. The van der Waals surface area contributed by atoms with Crippen LogP contribution in [0.5, 0.6) is 0 Å². The molecule has 1 N–H and O–H groups in total. The molecule has 0 aromatic heterocycles. The standard InChI is InChI=1S/C21H30FN3O3/c1-2-11-23-21(27)25(19-9-14-28-15-10-19)18-7-12-24(13-8-18)20(26)16-3-5-17(22)6-4-16/h3-6,18-19H,2,7-15H2,1H3,(H,23,27). The molecule has 28 heavy (non-hydrogen) atoms. The number of halogens is 1. The van der Waals surface area contributed by atoms with Crippen LogP contribution < -0.4 is 5.32 Å². The average Bonchev–Trinajstić information content (AvgIpc) is 2.74. The first kappa shape index (κ1) is 20.6. The number of nitrogens with one attached hydrogen (secondary N) is 1. The molecule has 3 amide bonds. The lowest BCUT2D eigenvalue weighted by Crippen LogP contribution is -2.56. The van der Waals surface area contributed by atoms with E-state index in [2.05, 4.69) is 5.32 Å². The number of benzene rings is 1. The number of urea groups is 1. The number of likely N-dealkylation sites (tertiary alicyclic amines) is 1. The zero-order chi connectivity index (χ0) is 19.9. The fourth-order valence-corrected chi connectivity index (χ4v) is 4.04. The van der Waals surface area contributed by atoms with E-state index < -0.39 is 0 Å². The minimum atomic E-state index is -0.347. The lowest BCUT2D eigenvalue weighted by Gasteiger charge is -2.43. The van der Waals surface area contributed by atoms with Crippen LogP contribution in [-0.2, 0) is 4.74 Å². The third-order valence-electron chi connectivity index (χ3n) is 5.58. The number of nitrogens with zero attached hydrogens (tertiary/aromatic N) is 2. The number of amides is 3. The maximum absolute atomic E-state index is 13.1. The fraction of sp³-hybridized carbons (Fsp3) is 0.619. The molecular weight excluding hydrogens is 361 g/mol.